The van der Waals surface area contributed by atoms with Crippen LogP contribution >= 0.6 is 0 Å². The van der Waals surface area contributed by atoms with E-state index in [2.05, 4.69) is 102 Å². The quantitative estimate of drug-likeness (QED) is 0.209. The normalized spacial score (nSPS) is 11.6. The lowest BCUT2D eigenvalue weighted by Crippen LogP contribution is -2.00. The summed E-state index contributed by atoms with van der Waals surface area (Å²) < 4.78 is 6.32. The molecule has 0 atom stereocenters. The van der Waals surface area contributed by atoms with Crippen molar-refractivity contribution in [1.82, 2.24) is 19.9 Å². The maximum Gasteiger partial charge on any atom is 0.164 e. The highest BCUT2D eigenvalue weighted by Gasteiger charge is 2.15. The van der Waals surface area contributed by atoms with E-state index in [1.165, 1.54) is 16.3 Å². The predicted molar refractivity (Wildman–Crippen MR) is 182 cm³/mol. The van der Waals surface area contributed by atoms with Crippen LogP contribution in [0, 0.1) is 0 Å². The number of rotatable bonds is 4. The molecule has 0 amide bonds. The molecule has 0 aliphatic heterocycles. The van der Waals surface area contributed by atoms with E-state index in [1.807, 2.05) is 42.6 Å². The summed E-state index contributed by atoms with van der Waals surface area (Å²) in [5, 5.41) is 6.58. The van der Waals surface area contributed by atoms with Crippen molar-refractivity contribution in [3.05, 3.63) is 146 Å². The highest BCUT2D eigenvalue weighted by Crippen LogP contribution is 2.36. The highest BCUT2D eigenvalue weighted by atomic mass is 16.3. The Morgan fingerprint density at radius 3 is 1.84 bits per heavy atom. The minimum Gasteiger partial charge on any atom is -0.455 e. The minimum absolute atomic E-state index is 0.606. The lowest BCUT2D eigenvalue weighted by molar-refractivity contribution is 0.672. The van der Waals surface area contributed by atoms with Crippen molar-refractivity contribution in [2.75, 3.05) is 0 Å². The average molecular weight is 577 g/mol. The van der Waals surface area contributed by atoms with Crippen LogP contribution in [0.15, 0.2) is 150 Å². The van der Waals surface area contributed by atoms with Gasteiger partial charge < -0.3 is 4.42 Å². The SMILES string of the molecule is c1ccc(-c2nc(-c3ccc(-c4ccc5ccccc5c4)cc3)nc(-c3ccc4ccc5c6cnccc6oc5c4c3)n2)cc1. The Hall–Kier alpha value is -6.20. The molecule has 3 aromatic heterocycles. The summed E-state index contributed by atoms with van der Waals surface area (Å²) in [7, 11) is 0. The third kappa shape index (κ3) is 4.41. The smallest absolute Gasteiger partial charge is 0.164 e. The molecule has 210 valence electrons. The van der Waals surface area contributed by atoms with Crippen LogP contribution in [-0.4, -0.2) is 19.9 Å². The van der Waals surface area contributed by atoms with Gasteiger partial charge in [0.25, 0.3) is 0 Å². The fourth-order valence-electron chi connectivity index (χ4n) is 6.07. The van der Waals surface area contributed by atoms with Crippen LogP contribution in [0.25, 0.3) is 88.8 Å². The maximum atomic E-state index is 6.32. The minimum atomic E-state index is 0.606. The van der Waals surface area contributed by atoms with Gasteiger partial charge in [0.15, 0.2) is 17.5 Å². The zero-order chi connectivity index (χ0) is 29.7. The van der Waals surface area contributed by atoms with Crippen LogP contribution in [0.1, 0.15) is 0 Å². The fraction of sp³-hybridized carbons (Fsp3) is 0. The molecule has 0 unspecified atom stereocenters. The number of benzene rings is 6. The average Bonchev–Trinajstić information content (AvgIpc) is 3.51. The molecule has 9 rings (SSSR count). The first kappa shape index (κ1) is 25.3. The van der Waals surface area contributed by atoms with Crippen LogP contribution in [0.2, 0.25) is 0 Å². The second-order valence-electron chi connectivity index (χ2n) is 11.2. The number of furan rings is 1. The molecule has 0 aliphatic carbocycles. The number of aromatic nitrogens is 4. The zero-order valence-corrected chi connectivity index (χ0v) is 24.1. The summed E-state index contributed by atoms with van der Waals surface area (Å²) in [6.45, 7) is 0. The molecular formula is C40H24N4O. The Morgan fingerprint density at radius 2 is 1.02 bits per heavy atom. The van der Waals surface area contributed by atoms with E-state index < -0.39 is 0 Å². The fourth-order valence-corrected chi connectivity index (χ4v) is 6.07. The van der Waals surface area contributed by atoms with Gasteiger partial charge in [0.1, 0.15) is 11.2 Å². The molecule has 5 nitrogen and oxygen atoms in total. The summed E-state index contributed by atoms with van der Waals surface area (Å²) in [4.78, 5) is 19.2. The van der Waals surface area contributed by atoms with Crippen LogP contribution < -0.4 is 0 Å². The summed E-state index contributed by atoms with van der Waals surface area (Å²) in [5.74, 6) is 1.86. The standard InChI is InChI=1S/C40H24N4O/c1-2-7-28(8-3-1)38-42-39(29-14-10-26(11-15-29)31-16-12-25-6-4-5-9-30(25)22-31)44-40(43-38)32-17-13-27-18-19-33-35-24-41-21-20-36(35)45-37(33)34(27)23-32/h1-24H. The molecule has 0 saturated heterocycles. The third-order valence-corrected chi connectivity index (χ3v) is 8.41. The van der Waals surface area contributed by atoms with Gasteiger partial charge in [-0.05, 0) is 51.6 Å². The molecule has 45 heavy (non-hydrogen) atoms. The van der Waals surface area contributed by atoms with Crippen LogP contribution in [0.4, 0.5) is 0 Å². The highest BCUT2D eigenvalue weighted by molar-refractivity contribution is 6.15. The zero-order valence-electron chi connectivity index (χ0n) is 24.1. The van der Waals surface area contributed by atoms with Crippen molar-refractivity contribution in [3.8, 4) is 45.3 Å². The van der Waals surface area contributed by atoms with Crippen molar-refractivity contribution in [2.45, 2.75) is 0 Å². The van der Waals surface area contributed by atoms with Crippen molar-refractivity contribution in [3.63, 3.8) is 0 Å². The molecule has 0 N–H and O–H groups in total. The van der Waals surface area contributed by atoms with E-state index >= 15 is 0 Å². The van der Waals surface area contributed by atoms with E-state index in [0.29, 0.717) is 17.5 Å². The van der Waals surface area contributed by atoms with E-state index in [9.17, 15) is 0 Å². The van der Waals surface area contributed by atoms with Crippen molar-refractivity contribution >= 4 is 43.5 Å². The van der Waals surface area contributed by atoms with Crippen LogP contribution in [-0.2, 0) is 0 Å². The van der Waals surface area contributed by atoms with Gasteiger partial charge in [0.05, 0.1) is 0 Å². The Bertz CT molecular complexity index is 2540. The number of hydrogen-bond acceptors (Lipinski definition) is 5. The molecule has 0 spiro atoms. The van der Waals surface area contributed by atoms with E-state index in [4.69, 9.17) is 19.4 Å². The van der Waals surface area contributed by atoms with E-state index in [0.717, 1.165) is 55.0 Å². The third-order valence-electron chi connectivity index (χ3n) is 8.41. The predicted octanol–water partition coefficient (Wildman–Crippen LogP) is 10.1. The van der Waals surface area contributed by atoms with Crippen molar-refractivity contribution in [2.24, 2.45) is 0 Å². The van der Waals surface area contributed by atoms with E-state index in [1.54, 1.807) is 6.20 Å². The molecule has 9 aromatic rings. The first-order chi connectivity index (χ1) is 22.3. The van der Waals surface area contributed by atoms with Gasteiger partial charge >= 0.3 is 0 Å². The summed E-state index contributed by atoms with van der Waals surface area (Å²) in [6.07, 6.45) is 3.61. The summed E-state index contributed by atoms with van der Waals surface area (Å²) >= 11 is 0. The molecule has 0 aliphatic rings. The van der Waals surface area contributed by atoms with Gasteiger partial charge in [-0.3, -0.25) is 4.98 Å². The molecule has 0 radical (unpaired) electrons. The molecular weight excluding hydrogens is 552 g/mol. The second-order valence-corrected chi connectivity index (χ2v) is 11.2. The summed E-state index contributed by atoms with van der Waals surface area (Å²) in [5.41, 5.74) is 6.71. The topological polar surface area (TPSA) is 64.7 Å². The molecule has 0 fully saturated rings. The number of hydrogen-bond donors (Lipinski definition) is 0. The maximum absolute atomic E-state index is 6.32. The first-order valence-electron chi connectivity index (χ1n) is 14.9. The van der Waals surface area contributed by atoms with Gasteiger partial charge in [-0.2, -0.15) is 0 Å². The molecule has 3 heterocycles. The van der Waals surface area contributed by atoms with Crippen LogP contribution in [0.3, 0.4) is 0 Å². The monoisotopic (exact) mass is 576 g/mol. The molecule has 5 heteroatoms. The Morgan fingerprint density at radius 1 is 0.400 bits per heavy atom. The second kappa shape index (κ2) is 10.2. The van der Waals surface area contributed by atoms with Gasteiger partial charge in [0.2, 0.25) is 0 Å². The van der Waals surface area contributed by atoms with E-state index in [-0.39, 0.29) is 0 Å². The summed E-state index contributed by atoms with van der Waals surface area (Å²) in [6, 6.07) is 45.9. The van der Waals surface area contributed by atoms with Crippen molar-refractivity contribution in [1.29, 1.82) is 0 Å². The van der Waals surface area contributed by atoms with Gasteiger partial charge in [-0.25, -0.2) is 15.0 Å². The number of pyridine rings is 1. The van der Waals surface area contributed by atoms with Crippen molar-refractivity contribution < 1.29 is 4.42 Å². The van der Waals surface area contributed by atoms with Gasteiger partial charge in [-0.15, -0.1) is 0 Å². The lowest BCUT2D eigenvalue weighted by atomic mass is 10.00. The van der Waals surface area contributed by atoms with Gasteiger partial charge in [-0.1, -0.05) is 109 Å². The molecule has 6 aromatic carbocycles. The number of nitrogens with zero attached hydrogens (tertiary/aromatic N) is 4. The molecule has 0 saturated carbocycles. The Balaban J connectivity index is 1.17. The largest absolute Gasteiger partial charge is 0.455 e. The Labute approximate surface area is 258 Å². The van der Waals surface area contributed by atoms with Crippen LogP contribution in [0.5, 0.6) is 0 Å². The number of fused-ring (bicyclic) bond motifs is 6. The Kier molecular flexibility index (Phi) is 5.74. The van der Waals surface area contributed by atoms with Gasteiger partial charge in [0, 0.05) is 45.2 Å². The first-order valence-corrected chi connectivity index (χ1v) is 14.9. The lowest BCUT2D eigenvalue weighted by Gasteiger charge is -2.10. The molecule has 0 bridgehead atoms.